The van der Waals surface area contributed by atoms with Crippen molar-refractivity contribution in [2.24, 2.45) is 11.1 Å². The zero-order valence-corrected chi connectivity index (χ0v) is 12.3. The minimum Gasteiger partial charge on any atom is -0.345 e. The van der Waals surface area contributed by atoms with Crippen molar-refractivity contribution in [3.05, 3.63) is 11.7 Å². The van der Waals surface area contributed by atoms with E-state index < -0.39 is 0 Å². The summed E-state index contributed by atoms with van der Waals surface area (Å²) in [6.07, 6.45) is 1.84. The Balaban J connectivity index is 2.31. The number of nitrogens with zero attached hydrogens (tertiary/aromatic N) is 3. The molecule has 0 radical (unpaired) electrons. The van der Waals surface area contributed by atoms with Gasteiger partial charge in [0.25, 0.3) is 0 Å². The smallest absolute Gasteiger partial charge is 0.226 e. The average molecular weight is 268 g/mol. The van der Waals surface area contributed by atoms with E-state index in [1.54, 1.807) is 11.8 Å². The zero-order valence-electron chi connectivity index (χ0n) is 12.3. The van der Waals surface area contributed by atoms with Crippen LogP contribution in [0.15, 0.2) is 4.52 Å². The van der Waals surface area contributed by atoms with Gasteiger partial charge in [-0.2, -0.15) is 4.98 Å². The molecule has 6 nitrogen and oxygen atoms in total. The van der Waals surface area contributed by atoms with E-state index >= 15 is 0 Å². The van der Waals surface area contributed by atoms with Crippen LogP contribution >= 0.6 is 0 Å². The molecule has 0 aliphatic heterocycles. The first-order chi connectivity index (χ1) is 8.84. The summed E-state index contributed by atoms with van der Waals surface area (Å²) in [5.41, 5.74) is 5.62. The van der Waals surface area contributed by atoms with Gasteiger partial charge in [0.2, 0.25) is 11.8 Å². The molecule has 108 valence electrons. The van der Waals surface area contributed by atoms with Crippen LogP contribution in [0.1, 0.15) is 38.4 Å². The number of carbonyl (C=O) groups excluding carboxylic acids is 1. The van der Waals surface area contributed by atoms with Crippen molar-refractivity contribution in [1.29, 1.82) is 0 Å². The highest BCUT2D eigenvalue weighted by Gasteiger charge is 2.20. The number of carbonyl (C=O) groups is 1. The molecule has 0 bridgehead atoms. The lowest BCUT2D eigenvalue weighted by Crippen LogP contribution is -2.39. The molecule has 0 aliphatic carbocycles. The molecule has 0 unspecified atom stereocenters. The Kier molecular flexibility index (Phi) is 5.47. The third-order valence-corrected chi connectivity index (χ3v) is 2.99. The van der Waals surface area contributed by atoms with E-state index in [0.29, 0.717) is 44.1 Å². The molecule has 1 amide bonds. The molecule has 0 aromatic carbocycles. The summed E-state index contributed by atoms with van der Waals surface area (Å²) in [5, 5.41) is 3.71. The summed E-state index contributed by atoms with van der Waals surface area (Å²) in [7, 11) is 1.82. The largest absolute Gasteiger partial charge is 0.345 e. The van der Waals surface area contributed by atoms with Gasteiger partial charge in [-0.15, -0.1) is 0 Å². The maximum atomic E-state index is 12.0. The summed E-state index contributed by atoms with van der Waals surface area (Å²) < 4.78 is 5.00. The Bertz CT molecular complexity index is 415. The fourth-order valence-electron chi connectivity index (χ4n) is 1.82. The third kappa shape index (κ3) is 5.38. The van der Waals surface area contributed by atoms with Gasteiger partial charge in [0.05, 0.1) is 0 Å². The van der Waals surface area contributed by atoms with Crippen molar-refractivity contribution >= 4 is 5.91 Å². The molecule has 0 saturated heterocycles. The van der Waals surface area contributed by atoms with E-state index in [2.05, 4.69) is 24.0 Å². The Hall–Kier alpha value is -1.43. The number of aromatic nitrogens is 2. The molecular weight excluding hydrogens is 244 g/mol. The van der Waals surface area contributed by atoms with Gasteiger partial charge in [0.15, 0.2) is 5.82 Å². The lowest BCUT2D eigenvalue weighted by Gasteiger charge is -2.29. The molecule has 1 aromatic heterocycles. The van der Waals surface area contributed by atoms with Crippen LogP contribution in [0.25, 0.3) is 0 Å². The topological polar surface area (TPSA) is 85.2 Å². The molecule has 0 spiro atoms. The summed E-state index contributed by atoms with van der Waals surface area (Å²) in [6, 6.07) is 0. The summed E-state index contributed by atoms with van der Waals surface area (Å²) >= 11 is 0. The average Bonchev–Trinajstić information content (AvgIpc) is 2.74. The van der Waals surface area contributed by atoms with Gasteiger partial charge in [-0.25, -0.2) is 0 Å². The standard InChI is InChI=1S/C13H24N4O2/c1-10-15-11(19-16-10)6-5-7-12(18)17(4)9-13(2,3)8-14/h5-9,14H2,1-4H3. The minimum absolute atomic E-state index is 0.0476. The van der Waals surface area contributed by atoms with Gasteiger partial charge in [-0.1, -0.05) is 19.0 Å². The maximum Gasteiger partial charge on any atom is 0.226 e. The second kappa shape index (κ2) is 6.65. The normalized spacial score (nSPS) is 11.6. The van der Waals surface area contributed by atoms with Crippen LogP contribution in [-0.4, -0.2) is 41.1 Å². The zero-order chi connectivity index (χ0) is 14.5. The lowest BCUT2D eigenvalue weighted by molar-refractivity contribution is -0.131. The van der Waals surface area contributed by atoms with Crippen molar-refractivity contribution < 1.29 is 9.32 Å². The van der Waals surface area contributed by atoms with Gasteiger partial charge < -0.3 is 15.2 Å². The van der Waals surface area contributed by atoms with Gasteiger partial charge >= 0.3 is 0 Å². The number of amides is 1. The first-order valence-electron chi connectivity index (χ1n) is 6.57. The first kappa shape index (κ1) is 15.6. The quantitative estimate of drug-likeness (QED) is 0.801. The van der Waals surface area contributed by atoms with Crippen molar-refractivity contribution in [3.63, 3.8) is 0 Å². The van der Waals surface area contributed by atoms with E-state index in [1.807, 2.05) is 7.05 Å². The maximum absolute atomic E-state index is 12.0. The molecule has 0 atom stereocenters. The van der Waals surface area contributed by atoms with Crippen LogP contribution in [0.5, 0.6) is 0 Å². The highest BCUT2D eigenvalue weighted by atomic mass is 16.5. The molecule has 1 heterocycles. The minimum atomic E-state index is -0.0476. The molecule has 1 aromatic rings. The Morgan fingerprint density at radius 2 is 2.16 bits per heavy atom. The van der Waals surface area contributed by atoms with Gasteiger partial charge in [0.1, 0.15) is 0 Å². The van der Waals surface area contributed by atoms with E-state index in [-0.39, 0.29) is 11.3 Å². The Morgan fingerprint density at radius 3 is 2.68 bits per heavy atom. The van der Waals surface area contributed by atoms with Crippen molar-refractivity contribution in [2.45, 2.75) is 40.0 Å². The van der Waals surface area contributed by atoms with E-state index in [9.17, 15) is 4.79 Å². The second-order valence-corrected chi connectivity index (χ2v) is 5.71. The predicted octanol–water partition coefficient (Wildman–Crippen LogP) is 1.14. The molecule has 6 heteroatoms. The van der Waals surface area contributed by atoms with Crippen molar-refractivity contribution in [1.82, 2.24) is 15.0 Å². The first-order valence-corrected chi connectivity index (χ1v) is 6.57. The number of rotatable bonds is 7. The molecule has 19 heavy (non-hydrogen) atoms. The van der Waals surface area contributed by atoms with Crippen LogP contribution in [0.3, 0.4) is 0 Å². The fourth-order valence-corrected chi connectivity index (χ4v) is 1.82. The van der Waals surface area contributed by atoms with Crippen LogP contribution < -0.4 is 5.73 Å². The van der Waals surface area contributed by atoms with Crippen molar-refractivity contribution in [3.8, 4) is 0 Å². The molecule has 0 fully saturated rings. The van der Waals surface area contributed by atoms with E-state index in [0.717, 1.165) is 0 Å². The van der Waals surface area contributed by atoms with Gasteiger partial charge in [-0.05, 0) is 25.3 Å². The van der Waals surface area contributed by atoms with Crippen LogP contribution in [0, 0.1) is 12.3 Å². The third-order valence-electron chi connectivity index (χ3n) is 2.99. The summed E-state index contributed by atoms with van der Waals surface area (Å²) in [6.45, 7) is 7.12. The Morgan fingerprint density at radius 1 is 1.47 bits per heavy atom. The van der Waals surface area contributed by atoms with Gasteiger partial charge in [-0.3, -0.25) is 4.79 Å². The number of hydrogen-bond donors (Lipinski definition) is 1. The SMILES string of the molecule is Cc1noc(CCCC(=O)N(C)CC(C)(C)CN)n1. The summed E-state index contributed by atoms with van der Waals surface area (Å²) in [4.78, 5) is 17.8. The number of nitrogens with two attached hydrogens (primary N) is 1. The highest BCUT2D eigenvalue weighted by molar-refractivity contribution is 5.75. The molecule has 0 saturated carbocycles. The van der Waals surface area contributed by atoms with Crippen LogP contribution in [-0.2, 0) is 11.2 Å². The predicted molar refractivity (Wildman–Crippen MR) is 72.4 cm³/mol. The number of hydrogen-bond acceptors (Lipinski definition) is 5. The Labute approximate surface area is 114 Å². The number of aryl methyl sites for hydroxylation is 2. The van der Waals surface area contributed by atoms with E-state index in [4.69, 9.17) is 10.3 Å². The molecular formula is C13H24N4O2. The van der Waals surface area contributed by atoms with Crippen molar-refractivity contribution in [2.75, 3.05) is 20.1 Å². The van der Waals surface area contributed by atoms with Crippen LogP contribution in [0.2, 0.25) is 0 Å². The summed E-state index contributed by atoms with van der Waals surface area (Å²) in [5.74, 6) is 1.34. The van der Waals surface area contributed by atoms with Crippen LogP contribution in [0.4, 0.5) is 0 Å². The molecule has 2 N–H and O–H groups in total. The van der Waals surface area contributed by atoms with E-state index in [1.165, 1.54) is 0 Å². The molecule has 1 rings (SSSR count). The lowest BCUT2D eigenvalue weighted by atomic mass is 9.93. The highest BCUT2D eigenvalue weighted by Crippen LogP contribution is 2.15. The molecule has 0 aliphatic rings. The fraction of sp³-hybridized carbons (Fsp3) is 0.769. The second-order valence-electron chi connectivity index (χ2n) is 5.71. The monoisotopic (exact) mass is 268 g/mol. The van der Waals surface area contributed by atoms with Gasteiger partial charge in [0, 0.05) is 26.4 Å².